The van der Waals surface area contributed by atoms with E-state index in [2.05, 4.69) is 15.0 Å². The zero-order valence-electron chi connectivity index (χ0n) is 18.7. The molecular weight excluding hydrogens is 472 g/mol. The van der Waals surface area contributed by atoms with E-state index < -0.39 is 26.4 Å². The molecule has 1 fully saturated rings. The number of carbonyl (C=O) groups is 1. The maximum absolute atomic E-state index is 14.7. The number of fused-ring (bicyclic) bond motifs is 1. The molecule has 1 aliphatic rings. The van der Waals surface area contributed by atoms with E-state index in [4.69, 9.17) is 9.47 Å². The predicted octanol–water partition coefficient (Wildman–Crippen LogP) is 2.89. The molecule has 0 unspecified atom stereocenters. The highest BCUT2D eigenvalue weighted by Gasteiger charge is 2.27. The first-order chi connectivity index (χ1) is 16.0. The molecule has 0 saturated carbocycles. The van der Waals surface area contributed by atoms with Crippen LogP contribution in [-0.2, 0) is 14.6 Å². The lowest BCUT2D eigenvalue weighted by molar-refractivity contribution is 0.0510. The van der Waals surface area contributed by atoms with Crippen molar-refractivity contribution >= 4 is 27.1 Å². The SMILES string of the molecule is CC(C)OC(=O)N1CCC(Oc2ncnc3c2ncn3-c2cc(F)c(S(C)(=O)=O)cc2F)CC1. The number of halogens is 2. The van der Waals surface area contributed by atoms with E-state index in [-0.39, 0.29) is 41.0 Å². The topological polar surface area (TPSA) is 117 Å². The maximum atomic E-state index is 14.7. The number of sulfone groups is 1. The molecule has 13 heteroatoms. The number of rotatable bonds is 5. The summed E-state index contributed by atoms with van der Waals surface area (Å²) in [6.45, 7) is 4.48. The first kappa shape index (κ1) is 23.8. The Bertz CT molecular complexity index is 1340. The molecule has 1 aliphatic heterocycles. The van der Waals surface area contributed by atoms with Gasteiger partial charge in [-0.25, -0.2) is 32.0 Å². The van der Waals surface area contributed by atoms with E-state index in [1.807, 2.05) is 0 Å². The van der Waals surface area contributed by atoms with Gasteiger partial charge < -0.3 is 14.4 Å². The summed E-state index contributed by atoms with van der Waals surface area (Å²) >= 11 is 0. The lowest BCUT2D eigenvalue weighted by Crippen LogP contribution is -2.42. The number of imidazole rings is 1. The van der Waals surface area contributed by atoms with Crippen LogP contribution in [0.4, 0.5) is 13.6 Å². The Hall–Kier alpha value is -3.35. The number of benzene rings is 1. The van der Waals surface area contributed by atoms with Gasteiger partial charge >= 0.3 is 6.09 Å². The second-order valence-corrected chi connectivity index (χ2v) is 10.2. The average Bonchev–Trinajstić information content (AvgIpc) is 3.19. The van der Waals surface area contributed by atoms with Gasteiger partial charge in [-0.15, -0.1) is 0 Å². The number of likely N-dealkylation sites (tertiary alicyclic amines) is 1. The lowest BCUT2D eigenvalue weighted by atomic mass is 10.1. The zero-order chi connectivity index (χ0) is 24.6. The van der Waals surface area contributed by atoms with E-state index >= 15 is 0 Å². The van der Waals surface area contributed by atoms with Crippen LogP contribution in [0.25, 0.3) is 16.9 Å². The first-order valence-electron chi connectivity index (χ1n) is 10.5. The molecule has 4 rings (SSSR count). The van der Waals surface area contributed by atoms with Crippen LogP contribution >= 0.6 is 0 Å². The van der Waals surface area contributed by atoms with E-state index in [0.29, 0.717) is 32.0 Å². The summed E-state index contributed by atoms with van der Waals surface area (Å²) in [6, 6.07) is 1.41. The van der Waals surface area contributed by atoms with Gasteiger partial charge in [0.1, 0.15) is 35.3 Å². The van der Waals surface area contributed by atoms with E-state index in [1.54, 1.807) is 18.7 Å². The number of hydrogen-bond donors (Lipinski definition) is 0. The summed E-state index contributed by atoms with van der Waals surface area (Å²) in [5.74, 6) is -1.88. The van der Waals surface area contributed by atoms with E-state index in [0.717, 1.165) is 12.3 Å². The molecule has 182 valence electrons. The van der Waals surface area contributed by atoms with Gasteiger partial charge in [-0.2, -0.15) is 4.98 Å². The number of amides is 1. The molecule has 0 radical (unpaired) electrons. The third-order valence-electron chi connectivity index (χ3n) is 5.28. The molecule has 1 saturated heterocycles. The lowest BCUT2D eigenvalue weighted by Gasteiger charge is -2.31. The van der Waals surface area contributed by atoms with Crippen LogP contribution in [-0.4, -0.2) is 70.5 Å². The van der Waals surface area contributed by atoms with Crippen molar-refractivity contribution in [2.45, 2.75) is 43.8 Å². The van der Waals surface area contributed by atoms with Crippen LogP contribution < -0.4 is 4.74 Å². The molecule has 2 aromatic heterocycles. The average molecular weight is 496 g/mol. The summed E-state index contributed by atoms with van der Waals surface area (Å²) in [4.78, 5) is 25.4. The van der Waals surface area contributed by atoms with Crippen molar-refractivity contribution in [3.05, 3.63) is 36.4 Å². The van der Waals surface area contributed by atoms with Crippen LogP contribution in [0.3, 0.4) is 0 Å². The molecule has 0 bridgehead atoms. The molecular formula is C21H23F2N5O5S. The highest BCUT2D eigenvalue weighted by Crippen LogP contribution is 2.28. The van der Waals surface area contributed by atoms with Crippen LogP contribution in [0.2, 0.25) is 0 Å². The molecule has 3 heterocycles. The van der Waals surface area contributed by atoms with E-state index in [1.165, 1.54) is 17.2 Å². The van der Waals surface area contributed by atoms with Crippen molar-refractivity contribution in [1.29, 1.82) is 0 Å². The normalized spacial score (nSPS) is 15.2. The van der Waals surface area contributed by atoms with E-state index in [9.17, 15) is 22.0 Å². The Labute approximate surface area is 194 Å². The Morgan fingerprint density at radius 2 is 1.82 bits per heavy atom. The van der Waals surface area contributed by atoms with Crippen molar-refractivity contribution in [3.63, 3.8) is 0 Å². The monoisotopic (exact) mass is 495 g/mol. The summed E-state index contributed by atoms with van der Waals surface area (Å²) in [7, 11) is -3.94. The van der Waals surface area contributed by atoms with Crippen LogP contribution in [0.1, 0.15) is 26.7 Å². The smallest absolute Gasteiger partial charge is 0.410 e. The molecule has 0 spiro atoms. The Kier molecular flexibility index (Phi) is 6.39. The molecule has 10 nitrogen and oxygen atoms in total. The fourth-order valence-electron chi connectivity index (χ4n) is 3.65. The standard InChI is InChI=1S/C21H23F2N5O5S/c1-12(2)32-21(29)27-6-4-13(5-7-27)33-20-18-19(24-10-25-20)28(11-26-18)16-8-15(23)17(9-14(16)22)34(3,30)31/h8-13H,4-7H2,1-3H3. The number of aromatic nitrogens is 4. The number of nitrogens with zero attached hydrogens (tertiary/aromatic N) is 5. The molecule has 1 amide bonds. The van der Waals surface area contributed by atoms with Crippen molar-refractivity contribution in [2.24, 2.45) is 0 Å². The van der Waals surface area contributed by atoms with Gasteiger partial charge in [-0.1, -0.05) is 0 Å². The predicted molar refractivity (Wildman–Crippen MR) is 117 cm³/mol. The fourth-order valence-corrected chi connectivity index (χ4v) is 4.38. The van der Waals surface area contributed by atoms with Crippen LogP contribution in [0.5, 0.6) is 5.88 Å². The quantitative estimate of drug-likeness (QED) is 0.531. The van der Waals surface area contributed by atoms with Gasteiger partial charge in [0, 0.05) is 38.3 Å². The third-order valence-corrected chi connectivity index (χ3v) is 6.39. The third kappa shape index (κ3) is 4.79. The molecule has 3 aromatic rings. The Morgan fingerprint density at radius 1 is 1.12 bits per heavy atom. The summed E-state index contributed by atoms with van der Waals surface area (Å²) in [5.41, 5.74) is 0.138. The molecule has 0 aliphatic carbocycles. The van der Waals surface area contributed by atoms with Crippen LogP contribution in [0, 0.1) is 11.6 Å². The largest absolute Gasteiger partial charge is 0.473 e. The van der Waals surface area contributed by atoms with Gasteiger partial charge in [-0.05, 0) is 19.9 Å². The summed E-state index contributed by atoms with van der Waals surface area (Å²) in [6.07, 6.45) is 3.53. The van der Waals surface area contributed by atoms with Crippen molar-refractivity contribution in [2.75, 3.05) is 19.3 Å². The van der Waals surface area contributed by atoms with Gasteiger partial charge in [-0.3, -0.25) is 4.57 Å². The highest BCUT2D eigenvalue weighted by molar-refractivity contribution is 7.90. The number of piperidine rings is 1. The minimum Gasteiger partial charge on any atom is -0.473 e. The number of hydrogen-bond acceptors (Lipinski definition) is 8. The van der Waals surface area contributed by atoms with Crippen molar-refractivity contribution in [3.8, 4) is 11.6 Å². The zero-order valence-corrected chi connectivity index (χ0v) is 19.6. The summed E-state index contributed by atoms with van der Waals surface area (Å²) < 4.78 is 64.8. The minimum absolute atomic E-state index is 0.161. The van der Waals surface area contributed by atoms with Crippen molar-refractivity contribution < 1.29 is 31.5 Å². The Balaban J connectivity index is 1.56. The first-order valence-corrected chi connectivity index (χ1v) is 12.4. The van der Waals surface area contributed by atoms with Gasteiger partial charge in [0.2, 0.25) is 5.88 Å². The fraction of sp³-hybridized carbons (Fsp3) is 0.429. The van der Waals surface area contributed by atoms with Crippen molar-refractivity contribution in [1.82, 2.24) is 24.4 Å². The second kappa shape index (κ2) is 9.12. The molecule has 0 atom stereocenters. The minimum atomic E-state index is -3.94. The maximum Gasteiger partial charge on any atom is 0.410 e. The highest BCUT2D eigenvalue weighted by atomic mass is 32.2. The number of ether oxygens (including phenoxy) is 2. The molecule has 34 heavy (non-hydrogen) atoms. The molecule has 1 aromatic carbocycles. The Morgan fingerprint density at radius 3 is 2.47 bits per heavy atom. The van der Waals surface area contributed by atoms with Gasteiger partial charge in [0.25, 0.3) is 0 Å². The second-order valence-electron chi connectivity index (χ2n) is 8.21. The van der Waals surface area contributed by atoms with Gasteiger partial charge in [0.05, 0.1) is 11.8 Å². The molecule has 0 N–H and O–H groups in total. The van der Waals surface area contributed by atoms with Gasteiger partial charge in [0.15, 0.2) is 21.0 Å². The number of carbonyl (C=O) groups excluding carboxylic acids is 1. The summed E-state index contributed by atoms with van der Waals surface area (Å²) in [5, 5.41) is 0. The van der Waals surface area contributed by atoms with Crippen LogP contribution in [0.15, 0.2) is 29.7 Å².